The van der Waals surface area contributed by atoms with Gasteiger partial charge in [-0.25, -0.2) is 5.43 Å². The molecule has 0 bridgehead atoms. The summed E-state index contributed by atoms with van der Waals surface area (Å²) in [6.07, 6.45) is 3.79. The van der Waals surface area contributed by atoms with Gasteiger partial charge >= 0.3 is 0 Å². The molecule has 0 amide bonds. The standard InChI is InChI=1S/C11H13IN4/c1-16-7-8(6-14-16)11(15-13)9-4-2-3-5-10(9)12/h2-7,11,15H,13H2,1H3. The number of halogens is 1. The van der Waals surface area contributed by atoms with E-state index >= 15 is 0 Å². The summed E-state index contributed by atoms with van der Waals surface area (Å²) in [6, 6.07) is 8.15. The third kappa shape index (κ3) is 2.26. The van der Waals surface area contributed by atoms with Crippen molar-refractivity contribution in [3.05, 3.63) is 51.4 Å². The van der Waals surface area contributed by atoms with Crippen LogP contribution < -0.4 is 11.3 Å². The zero-order chi connectivity index (χ0) is 11.5. The number of aryl methyl sites for hydroxylation is 1. The predicted molar refractivity (Wildman–Crippen MR) is 71.5 cm³/mol. The van der Waals surface area contributed by atoms with E-state index in [0.29, 0.717) is 0 Å². The van der Waals surface area contributed by atoms with Crippen LogP contribution in [0.15, 0.2) is 36.7 Å². The molecule has 4 nitrogen and oxygen atoms in total. The van der Waals surface area contributed by atoms with Crippen LogP contribution in [-0.2, 0) is 7.05 Å². The number of hydrazine groups is 1. The van der Waals surface area contributed by atoms with E-state index in [1.807, 2.05) is 31.6 Å². The first-order valence-electron chi connectivity index (χ1n) is 4.91. The van der Waals surface area contributed by atoms with E-state index in [1.165, 1.54) is 9.13 Å². The molecule has 2 aromatic rings. The minimum atomic E-state index is -0.0122. The Morgan fingerprint density at radius 1 is 1.44 bits per heavy atom. The molecule has 5 heteroatoms. The number of rotatable bonds is 3. The highest BCUT2D eigenvalue weighted by atomic mass is 127. The molecule has 84 valence electrons. The van der Waals surface area contributed by atoms with Gasteiger partial charge in [0.2, 0.25) is 0 Å². The summed E-state index contributed by atoms with van der Waals surface area (Å²) in [7, 11) is 1.90. The maximum absolute atomic E-state index is 5.62. The zero-order valence-corrected chi connectivity index (χ0v) is 11.0. The molecule has 3 N–H and O–H groups in total. The second kappa shape index (κ2) is 4.94. The Kier molecular flexibility index (Phi) is 3.57. The maximum atomic E-state index is 5.62. The van der Waals surface area contributed by atoms with Gasteiger partial charge in [0.15, 0.2) is 0 Å². The molecule has 0 saturated carbocycles. The normalized spacial score (nSPS) is 12.7. The number of hydrogen-bond acceptors (Lipinski definition) is 3. The van der Waals surface area contributed by atoms with Crippen LogP contribution >= 0.6 is 22.6 Å². The van der Waals surface area contributed by atoms with Crippen molar-refractivity contribution in [1.29, 1.82) is 0 Å². The fourth-order valence-electron chi connectivity index (χ4n) is 1.66. The quantitative estimate of drug-likeness (QED) is 0.511. The molecule has 1 aromatic heterocycles. The summed E-state index contributed by atoms with van der Waals surface area (Å²) in [5.74, 6) is 5.62. The van der Waals surface area contributed by atoms with Gasteiger partial charge in [-0.05, 0) is 34.2 Å². The summed E-state index contributed by atoms with van der Waals surface area (Å²) in [4.78, 5) is 0. The molecule has 0 aliphatic heterocycles. The highest BCUT2D eigenvalue weighted by molar-refractivity contribution is 14.1. The van der Waals surface area contributed by atoms with Crippen LogP contribution in [0.3, 0.4) is 0 Å². The molecule has 1 atom stereocenters. The van der Waals surface area contributed by atoms with Crippen LogP contribution in [0, 0.1) is 3.57 Å². The van der Waals surface area contributed by atoms with Crippen LogP contribution in [0.2, 0.25) is 0 Å². The van der Waals surface area contributed by atoms with Gasteiger partial charge in [0.1, 0.15) is 0 Å². The van der Waals surface area contributed by atoms with Gasteiger partial charge in [0.25, 0.3) is 0 Å². The maximum Gasteiger partial charge on any atom is 0.0750 e. The van der Waals surface area contributed by atoms with Crippen LogP contribution in [0.1, 0.15) is 17.2 Å². The van der Waals surface area contributed by atoms with Crippen LogP contribution in [-0.4, -0.2) is 9.78 Å². The Balaban J connectivity index is 2.40. The predicted octanol–water partition coefficient (Wildman–Crippen LogP) is 1.58. The second-order valence-electron chi connectivity index (χ2n) is 3.57. The van der Waals surface area contributed by atoms with Crippen molar-refractivity contribution in [3.8, 4) is 0 Å². The van der Waals surface area contributed by atoms with Gasteiger partial charge in [0, 0.05) is 22.4 Å². The summed E-state index contributed by atoms with van der Waals surface area (Å²) >= 11 is 2.31. The number of nitrogens with zero attached hydrogens (tertiary/aromatic N) is 2. The number of aromatic nitrogens is 2. The van der Waals surface area contributed by atoms with E-state index in [1.54, 1.807) is 4.68 Å². The Hall–Kier alpha value is -0.920. The Labute approximate surface area is 108 Å². The first-order valence-corrected chi connectivity index (χ1v) is 5.99. The molecule has 1 unspecified atom stereocenters. The number of hydrogen-bond donors (Lipinski definition) is 2. The minimum absolute atomic E-state index is 0.0122. The fourth-order valence-corrected chi connectivity index (χ4v) is 2.36. The Morgan fingerprint density at radius 3 is 2.75 bits per heavy atom. The molecule has 0 aliphatic rings. The lowest BCUT2D eigenvalue weighted by Crippen LogP contribution is -2.29. The molecule has 1 aromatic carbocycles. The number of nitrogens with two attached hydrogens (primary N) is 1. The van der Waals surface area contributed by atoms with Gasteiger partial charge in [-0.2, -0.15) is 5.10 Å². The van der Waals surface area contributed by atoms with Crippen molar-refractivity contribution < 1.29 is 0 Å². The molecular formula is C11H13IN4. The first-order chi connectivity index (χ1) is 7.72. The average Bonchev–Trinajstić information content (AvgIpc) is 2.69. The zero-order valence-electron chi connectivity index (χ0n) is 8.89. The van der Waals surface area contributed by atoms with E-state index in [9.17, 15) is 0 Å². The van der Waals surface area contributed by atoms with E-state index in [-0.39, 0.29) is 6.04 Å². The Bertz CT molecular complexity index is 480. The number of benzene rings is 1. The van der Waals surface area contributed by atoms with Crippen LogP contribution in [0.5, 0.6) is 0 Å². The molecule has 1 heterocycles. The number of nitrogens with one attached hydrogen (secondary N) is 1. The van der Waals surface area contributed by atoms with E-state index < -0.39 is 0 Å². The van der Waals surface area contributed by atoms with Gasteiger partial charge in [-0.1, -0.05) is 18.2 Å². The monoisotopic (exact) mass is 328 g/mol. The summed E-state index contributed by atoms with van der Waals surface area (Å²) in [6.45, 7) is 0. The van der Waals surface area contributed by atoms with Crippen LogP contribution in [0.4, 0.5) is 0 Å². The highest BCUT2D eigenvalue weighted by Crippen LogP contribution is 2.24. The molecule has 0 radical (unpaired) electrons. The summed E-state index contributed by atoms with van der Waals surface area (Å²) < 4.78 is 2.96. The van der Waals surface area contributed by atoms with Crippen molar-refractivity contribution in [1.82, 2.24) is 15.2 Å². The average molecular weight is 328 g/mol. The largest absolute Gasteiger partial charge is 0.275 e. The van der Waals surface area contributed by atoms with Gasteiger partial charge in [0.05, 0.1) is 12.2 Å². The van der Waals surface area contributed by atoms with E-state index in [0.717, 1.165) is 5.56 Å². The van der Waals surface area contributed by atoms with Crippen LogP contribution in [0.25, 0.3) is 0 Å². The lowest BCUT2D eigenvalue weighted by molar-refractivity contribution is 0.633. The van der Waals surface area contributed by atoms with E-state index in [2.05, 4.69) is 45.2 Å². The van der Waals surface area contributed by atoms with Gasteiger partial charge < -0.3 is 0 Å². The van der Waals surface area contributed by atoms with E-state index in [4.69, 9.17) is 5.84 Å². The molecular weight excluding hydrogens is 315 g/mol. The van der Waals surface area contributed by atoms with Crippen molar-refractivity contribution in [2.75, 3.05) is 0 Å². The van der Waals surface area contributed by atoms with Gasteiger partial charge in [-0.15, -0.1) is 0 Å². The van der Waals surface area contributed by atoms with Crippen molar-refractivity contribution in [3.63, 3.8) is 0 Å². The molecule has 0 spiro atoms. The molecule has 16 heavy (non-hydrogen) atoms. The first kappa shape index (κ1) is 11.6. The van der Waals surface area contributed by atoms with Crippen molar-refractivity contribution >= 4 is 22.6 Å². The molecule has 0 fully saturated rings. The summed E-state index contributed by atoms with van der Waals surface area (Å²) in [5, 5.41) is 4.16. The Morgan fingerprint density at radius 2 is 2.19 bits per heavy atom. The molecule has 0 aliphatic carbocycles. The lowest BCUT2D eigenvalue weighted by Gasteiger charge is -2.16. The molecule has 2 rings (SSSR count). The van der Waals surface area contributed by atoms with Crippen molar-refractivity contribution in [2.24, 2.45) is 12.9 Å². The minimum Gasteiger partial charge on any atom is -0.275 e. The topological polar surface area (TPSA) is 55.9 Å². The molecule has 0 saturated heterocycles. The highest BCUT2D eigenvalue weighted by Gasteiger charge is 2.15. The summed E-state index contributed by atoms with van der Waals surface area (Å²) in [5.41, 5.74) is 5.06. The fraction of sp³-hybridized carbons (Fsp3) is 0.182. The third-order valence-electron chi connectivity index (χ3n) is 2.44. The van der Waals surface area contributed by atoms with Crippen molar-refractivity contribution in [2.45, 2.75) is 6.04 Å². The lowest BCUT2D eigenvalue weighted by atomic mass is 10.0. The third-order valence-corrected chi connectivity index (χ3v) is 3.42. The smallest absolute Gasteiger partial charge is 0.0750 e. The SMILES string of the molecule is Cn1cc(C(NN)c2ccccc2I)cn1. The van der Waals surface area contributed by atoms with Gasteiger partial charge in [-0.3, -0.25) is 10.5 Å². The second-order valence-corrected chi connectivity index (χ2v) is 4.73.